The molecule has 0 aromatic heterocycles. The molecule has 0 aliphatic carbocycles. The van der Waals surface area contributed by atoms with Crippen LogP contribution in [0, 0.1) is 17.7 Å². The standard InChI is InChI=1S/C21H30FN3O2/c1-15(2)21(27)25-11-7-16(8-12-25)13-20(26)23-18-14-17(22)5-6-19(18)24-9-3-4-10-24/h5-6,14-16H,3-4,7-13H2,1-2H3,(H,23,26). The zero-order valence-electron chi connectivity index (χ0n) is 16.3. The monoisotopic (exact) mass is 375 g/mol. The third-order valence-electron chi connectivity index (χ3n) is 5.57. The van der Waals surface area contributed by atoms with E-state index in [1.807, 2.05) is 18.7 Å². The lowest BCUT2D eigenvalue weighted by Gasteiger charge is -2.33. The van der Waals surface area contributed by atoms with Gasteiger partial charge in [0.2, 0.25) is 11.8 Å². The molecule has 2 heterocycles. The number of piperidine rings is 1. The lowest BCUT2D eigenvalue weighted by molar-refractivity contribution is -0.135. The van der Waals surface area contributed by atoms with Crippen LogP contribution in [-0.2, 0) is 9.59 Å². The van der Waals surface area contributed by atoms with Crippen LogP contribution in [0.2, 0.25) is 0 Å². The Morgan fingerprint density at radius 3 is 2.44 bits per heavy atom. The van der Waals surface area contributed by atoms with Crippen LogP contribution in [-0.4, -0.2) is 42.9 Å². The van der Waals surface area contributed by atoms with Gasteiger partial charge in [-0.05, 0) is 49.8 Å². The Balaban J connectivity index is 1.56. The van der Waals surface area contributed by atoms with Crippen LogP contribution >= 0.6 is 0 Å². The minimum Gasteiger partial charge on any atom is -0.370 e. The van der Waals surface area contributed by atoms with Crippen molar-refractivity contribution < 1.29 is 14.0 Å². The third-order valence-corrected chi connectivity index (χ3v) is 5.57. The van der Waals surface area contributed by atoms with Gasteiger partial charge in [-0.2, -0.15) is 0 Å². The van der Waals surface area contributed by atoms with E-state index in [1.54, 1.807) is 6.07 Å². The predicted molar refractivity (Wildman–Crippen MR) is 105 cm³/mol. The van der Waals surface area contributed by atoms with E-state index in [0.29, 0.717) is 25.2 Å². The highest BCUT2D eigenvalue weighted by atomic mass is 19.1. The zero-order valence-corrected chi connectivity index (χ0v) is 16.3. The minimum absolute atomic E-state index is 0.0156. The number of halogens is 1. The number of carbonyl (C=O) groups excluding carboxylic acids is 2. The topological polar surface area (TPSA) is 52.7 Å². The first kappa shape index (κ1) is 19.6. The number of nitrogens with one attached hydrogen (secondary N) is 1. The number of carbonyl (C=O) groups is 2. The highest BCUT2D eigenvalue weighted by molar-refractivity contribution is 5.94. The Bertz CT molecular complexity index is 678. The second-order valence-corrected chi connectivity index (χ2v) is 8.03. The van der Waals surface area contributed by atoms with Gasteiger partial charge in [0.15, 0.2) is 0 Å². The smallest absolute Gasteiger partial charge is 0.225 e. The molecule has 2 aliphatic rings. The Labute approximate surface area is 160 Å². The van der Waals surface area contributed by atoms with Crippen LogP contribution in [0.1, 0.15) is 46.0 Å². The van der Waals surface area contributed by atoms with Crippen molar-refractivity contribution in [2.24, 2.45) is 11.8 Å². The van der Waals surface area contributed by atoms with Gasteiger partial charge < -0.3 is 15.1 Å². The van der Waals surface area contributed by atoms with Crippen molar-refractivity contribution >= 4 is 23.2 Å². The maximum Gasteiger partial charge on any atom is 0.225 e. The van der Waals surface area contributed by atoms with Crippen molar-refractivity contribution in [2.75, 3.05) is 36.4 Å². The second-order valence-electron chi connectivity index (χ2n) is 8.03. The number of benzene rings is 1. The summed E-state index contributed by atoms with van der Waals surface area (Å²) in [6.07, 6.45) is 4.35. The lowest BCUT2D eigenvalue weighted by atomic mass is 9.92. The molecule has 5 nitrogen and oxygen atoms in total. The summed E-state index contributed by atoms with van der Waals surface area (Å²) in [5, 5.41) is 2.93. The lowest BCUT2D eigenvalue weighted by Crippen LogP contribution is -2.41. The van der Waals surface area contributed by atoms with Gasteiger partial charge in [0.1, 0.15) is 5.82 Å². The Morgan fingerprint density at radius 1 is 1.15 bits per heavy atom. The van der Waals surface area contributed by atoms with Crippen molar-refractivity contribution in [3.8, 4) is 0 Å². The SMILES string of the molecule is CC(C)C(=O)N1CCC(CC(=O)Nc2cc(F)ccc2N2CCCC2)CC1. The van der Waals surface area contributed by atoms with Crippen molar-refractivity contribution in [3.63, 3.8) is 0 Å². The summed E-state index contributed by atoms with van der Waals surface area (Å²) in [5.74, 6) is 0.0585. The van der Waals surface area contributed by atoms with Gasteiger partial charge in [0, 0.05) is 38.5 Å². The summed E-state index contributed by atoms with van der Waals surface area (Å²) in [6.45, 7) is 7.15. The Hall–Kier alpha value is -2.11. The highest BCUT2D eigenvalue weighted by Gasteiger charge is 2.26. The van der Waals surface area contributed by atoms with E-state index in [0.717, 1.165) is 44.5 Å². The Kier molecular flexibility index (Phi) is 6.34. The molecule has 3 rings (SSSR count). The number of anilines is 2. The highest BCUT2D eigenvalue weighted by Crippen LogP contribution is 2.30. The first-order valence-electron chi connectivity index (χ1n) is 10.1. The number of hydrogen-bond acceptors (Lipinski definition) is 3. The van der Waals surface area contributed by atoms with E-state index in [9.17, 15) is 14.0 Å². The number of likely N-dealkylation sites (tertiary alicyclic amines) is 1. The molecule has 27 heavy (non-hydrogen) atoms. The predicted octanol–water partition coefficient (Wildman–Crippen LogP) is 3.65. The van der Waals surface area contributed by atoms with Crippen LogP contribution in [0.4, 0.5) is 15.8 Å². The summed E-state index contributed by atoms with van der Waals surface area (Å²) in [7, 11) is 0. The first-order valence-corrected chi connectivity index (χ1v) is 10.1. The maximum absolute atomic E-state index is 13.7. The number of rotatable bonds is 5. The van der Waals surface area contributed by atoms with Gasteiger partial charge in [0.25, 0.3) is 0 Å². The van der Waals surface area contributed by atoms with Gasteiger partial charge in [-0.3, -0.25) is 9.59 Å². The van der Waals surface area contributed by atoms with Crippen molar-refractivity contribution in [2.45, 2.75) is 46.0 Å². The van der Waals surface area contributed by atoms with E-state index < -0.39 is 0 Å². The van der Waals surface area contributed by atoms with Gasteiger partial charge >= 0.3 is 0 Å². The fourth-order valence-corrected chi connectivity index (χ4v) is 4.03. The fraction of sp³-hybridized carbons (Fsp3) is 0.619. The molecule has 0 bridgehead atoms. The third kappa shape index (κ3) is 4.99. The molecule has 0 radical (unpaired) electrons. The summed E-state index contributed by atoms with van der Waals surface area (Å²) in [6, 6.07) is 4.62. The molecule has 148 valence electrons. The summed E-state index contributed by atoms with van der Waals surface area (Å²) >= 11 is 0. The quantitative estimate of drug-likeness (QED) is 0.855. The molecule has 0 spiro atoms. The van der Waals surface area contributed by atoms with Crippen LogP contribution in [0.5, 0.6) is 0 Å². The average Bonchev–Trinajstić information content (AvgIpc) is 3.16. The molecule has 1 aromatic carbocycles. The molecular weight excluding hydrogens is 345 g/mol. The average molecular weight is 375 g/mol. The molecule has 2 fully saturated rings. The molecule has 0 unspecified atom stereocenters. The first-order chi connectivity index (χ1) is 12.9. The summed E-state index contributed by atoms with van der Waals surface area (Å²) in [5.41, 5.74) is 1.47. The van der Waals surface area contributed by atoms with E-state index >= 15 is 0 Å². The van der Waals surface area contributed by atoms with E-state index in [2.05, 4.69) is 10.2 Å². The van der Waals surface area contributed by atoms with E-state index in [1.165, 1.54) is 12.1 Å². The zero-order chi connectivity index (χ0) is 19.4. The molecule has 1 aromatic rings. The van der Waals surface area contributed by atoms with Gasteiger partial charge in [-0.15, -0.1) is 0 Å². The molecule has 0 atom stereocenters. The van der Waals surface area contributed by atoms with Gasteiger partial charge in [-0.25, -0.2) is 4.39 Å². The van der Waals surface area contributed by atoms with Crippen molar-refractivity contribution in [1.29, 1.82) is 0 Å². The van der Waals surface area contributed by atoms with Crippen molar-refractivity contribution in [1.82, 2.24) is 4.90 Å². The van der Waals surface area contributed by atoms with Gasteiger partial charge in [0.05, 0.1) is 11.4 Å². The molecule has 2 saturated heterocycles. The number of nitrogens with zero attached hydrogens (tertiary/aromatic N) is 2. The Morgan fingerprint density at radius 2 is 1.81 bits per heavy atom. The van der Waals surface area contributed by atoms with Crippen LogP contribution in [0.15, 0.2) is 18.2 Å². The molecule has 2 aliphatic heterocycles. The summed E-state index contributed by atoms with van der Waals surface area (Å²) in [4.78, 5) is 28.7. The number of hydrogen-bond donors (Lipinski definition) is 1. The van der Waals surface area contributed by atoms with Crippen LogP contribution < -0.4 is 10.2 Å². The van der Waals surface area contributed by atoms with Gasteiger partial charge in [-0.1, -0.05) is 13.8 Å². The maximum atomic E-state index is 13.7. The normalized spacial score (nSPS) is 18.2. The fourth-order valence-electron chi connectivity index (χ4n) is 4.03. The molecular formula is C21H30FN3O2. The summed E-state index contributed by atoms with van der Waals surface area (Å²) < 4.78 is 13.7. The number of amides is 2. The molecule has 1 N–H and O–H groups in total. The minimum atomic E-state index is -0.339. The molecule has 0 saturated carbocycles. The van der Waals surface area contributed by atoms with Crippen LogP contribution in [0.25, 0.3) is 0 Å². The largest absolute Gasteiger partial charge is 0.370 e. The van der Waals surface area contributed by atoms with E-state index in [-0.39, 0.29) is 29.5 Å². The van der Waals surface area contributed by atoms with E-state index in [4.69, 9.17) is 0 Å². The second kappa shape index (κ2) is 8.72. The molecule has 6 heteroatoms. The van der Waals surface area contributed by atoms with Crippen LogP contribution in [0.3, 0.4) is 0 Å². The molecule has 2 amide bonds. The van der Waals surface area contributed by atoms with Crippen molar-refractivity contribution in [3.05, 3.63) is 24.0 Å².